The van der Waals surface area contributed by atoms with Crippen LogP contribution in [-0.2, 0) is 0 Å². The van der Waals surface area contributed by atoms with Crippen molar-refractivity contribution < 1.29 is 13.2 Å². The highest BCUT2D eigenvalue weighted by atomic mass is 35.5. The Labute approximate surface area is 101 Å². The summed E-state index contributed by atoms with van der Waals surface area (Å²) >= 11 is 5.93. The van der Waals surface area contributed by atoms with Gasteiger partial charge in [0.25, 0.3) is 0 Å². The first-order valence-electron chi connectivity index (χ1n) is 4.90. The number of nitrogens with two attached hydrogens (primary N) is 1. The quantitative estimate of drug-likeness (QED) is 0.821. The van der Waals surface area contributed by atoms with Crippen LogP contribution >= 0.6 is 11.6 Å². The van der Waals surface area contributed by atoms with Crippen LogP contribution in [0.3, 0.4) is 0 Å². The van der Waals surface area contributed by atoms with E-state index in [1.54, 1.807) is 24.3 Å². The summed E-state index contributed by atoms with van der Waals surface area (Å²) in [6.07, 6.45) is -4.47. The highest BCUT2D eigenvalue weighted by Gasteiger charge is 2.38. The van der Waals surface area contributed by atoms with Gasteiger partial charge in [-0.15, -0.1) is 0 Å². The molecule has 0 amide bonds. The summed E-state index contributed by atoms with van der Waals surface area (Å²) in [5.41, 5.74) is 5.12. The van der Waals surface area contributed by atoms with Crippen molar-refractivity contribution in [3.8, 4) is 0 Å². The van der Waals surface area contributed by atoms with E-state index in [0.717, 1.165) is 0 Å². The van der Waals surface area contributed by atoms with Crippen LogP contribution in [0.15, 0.2) is 36.4 Å². The molecule has 2 aromatic carbocycles. The lowest BCUT2D eigenvalue weighted by Gasteiger charge is -2.17. The highest BCUT2D eigenvalue weighted by Crippen LogP contribution is 2.34. The molecule has 0 saturated carbocycles. The average Bonchev–Trinajstić information content (AvgIpc) is 2.27. The molecule has 0 aliphatic carbocycles. The Balaban J connectivity index is 2.58. The maximum atomic E-state index is 12.5. The van der Waals surface area contributed by atoms with Crippen LogP contribution in [-0.4, -0.2) is 6.18 Å². The van der Waals surface area contributed by atoms with Gasteiger partial charge in [0, 0.05) is 10.4 Å². The van der Waals surface area contributed by atoms with Gasteiger partial charge in [-0.3, -0.25) is 0 Å². The Hall–Kier alpha value is -1.26. The number of benzene rings is 2. The summed E-state index contributed by atoms with van der Waals surface area (Å²) < 4.78 is 37.5. The van der Waals surface area contributed by atoms with Crippen molar-refractivity contribution in [3.05, 3.63) is 47.0 Å². The first-order chi connectivity index (χ1) is 7.89. The molecule has 2 aromatic rings. The van der Waals surface area contributed by atoms with Crippen LogP contribution in [0.5, 0.6) is 0 Å². The summed E-state index contributed by atoms with van der Waals surface area (Å²) in [5, 5.41) is 1.64. The molecule has 0 saturated heterocycles. The molecule has 0 radical (unpaired) electrons. The fourth-order valence-electron chi connectivity index (χ4n) is 1.65. The van der Waals surface area contributed by atoms with E-state index < -0.39 is 12.2 Å². The lowest BCUT2D eigenvalue weighted by Crippen LogP contribution is -2.28. The zero-order chi connectivity index (χ0) is 12.6. The predicted octanol–water partition coefficient (Wildman–Crippen LogP) is 4.06. The van der Waals surface area contributed by atoms with Gasteiger partial charge in [0.1, 0.15) is 6.04 Å². The molecule has 0 fully saturated rings. The highest BCUT2D eigenvalue weighted by molar-refractivity contribution is 6.35. The van der Waals surface area contributed by atoms with Crippen LogP contribution < -0.4 is 5.73 Å². The molecule has 90 valence electrons. The Morgan fingerprint density at radius 2 is 1.76 bits per heavy atom. The number of hydrogen-bond acceptors (Lipinski definition) is 1. The summed E-state index contributed by atoms with van der Waals surface area (Å²) in [4.78, 5) is 0. The largest absolute Gasteiger partial charge is 0.407 e. The fourth-order valence-corrected chi connectivity index (χ4v) is 1.95. The third-order valence-corrected chi connectivity index (χ3v) is 2.86. The van der Waals surface area contributed by atoms with Crippen LogP contribution in [0.25, 0.3) is 10.8 Å². The van der Waals surface area contributed by atoms with Crippen LogP contribution in [0.4, 0.5) is 13.2 Å². The van der Waals surface area contributed by atoms with E-state index in [9.17, 15) is 13.2 Å². The summed E-state index contributed by atoms with van der Waals surface area (Å²) in [6.45, 7) is 0. The molecule has 2 N–H and O–H groups in total. The van der Waals surface area contributed by atoms with Crippen molar-refractivity contribution in [1.29, 1.82) is 0 Å². The first kappa shape index (κ1) is 12.2. The van der Waals surface area contributed by atoms with Gasteiger partial charge in [0.05, 0.1) is 0 Å². The number of alkyl halides is 3. The topological polar surface area (TPSA) is 26.0 Å². The van der Waals surface area contributed by atoms with Gasteiger partial charge < -0.3 is 5.73 Å². The van der Waals surface area contributed by atoms with E-state index in [1.165, 1.54) is 12.1 Å². The Morgan fingerprint density at radius 3 is 2.41 bits per heavy atom. The number of rotatable bonds is 1. The van der Waals surface area contributed by atoms with Gasteiger partial charge in [-0.2, -0.15) is 13.2 Å². The molecule has 0 heterocycles. The maximum Gasteiger partial charge on any atom is 0.407 e. The summed E-state index contributed by atoms with van der Waals surface area (Å²) in [7, 11) is 0. The molecule has 1 atom stereocenters. The molecule has 0 aliphatic rings. The van der Waals surface area contributed by atoms with E-state index >= 15 is 0 Å². The normalized spacial score (nSPS) is 13.9. The zero-order valence-electron chi connectivity index (χ0n) is 8.63. The molecular formula is C12H9ClF3N. The van der Waals surface area contributed by atoms with Crippen molar-refractivity contribution in [2.24, 2.45) is 5.73 Å². The fraction of sp³-hybridized carbons (Fsp3) is 0.167. The van der Waals surface area contributed by atoms with Crippen molar-refractivity contribution in [3.63, 3.8) is 0 Å². The second-order valence-electron chi connectivity index (χ2n) is 3.74. The SMILES string of the molecule is N[C@@H](c1cc(Cl)c2ccccc2c1)C(F)(F)F. The van der Waals surface area contributed by atoms with Crippen molar-refractivity contribution in [2.75, 3.05) is 0 Å². The maximum absolute atomic E-state index is 12.5. The zero-order valence-corrected chi connectivity index (χ0v) is 9.39. The molecule has 2 rings (SSSR count). The van der Waals surface area contributed by atoms with Crippen molar-refractivity contribution in [1.82, 2.24) is 0 Å². The Morgan fingerprint density at radius 1 is 1.12 bits per heavy atom. The lowest BCUT2D eigenvalue weighted by molar-refractivity contribution is -0.149. The van der Waals surface area contributed by atoms with Gasteiger partial charge in [-0.05, 0) is 23.1 Å². The van der Waals surface area contributed by atoms with E-state index in [1.807, 2.05) is 0 Å². The predicted molar refractivity (Wildman–Crippen MR) is 61.9 cm³/mol. The summed E-state index contributed by atoms with van der Waals surface area (Å²) in [6, 6.07) is 7.64. The molecule has 0 spiro atoms. The summed E-state index contributed by atoms with van der Waals surface area (Å²) in [5.74, 6) is 0. The third-order valence-electron chi connectivity index (χ3n) is 2.55. The Kier molecular flexibility index (Phi) is 3.02. The Bertz CT molecular complexity index is 551. The molecule has 17 heavy (non-hydrogen) atoms. The molecule has 0 bridgehead atoms. The van der Waals surface area contributed by atoms with Crippen molar-refractivity contribution >= 4 is 22.4 Å². The minimum Gasteiger partial charge on any atom is -0.316 e. The van der Waals surface area contributed by atoms with Crippen LogP contribution in [0.1, 0.15) is 11.6 Å². The minimum absolute atomic E-state index is 0.0267. The molecular weight excluding hydrogens is 251 g/mol. The monoisotopic (exact) mass is 259 g/mol. The van der Waals surface area contributed by atoms with Gasteiger partial charge in [0.15, 0.2) is 0 Å². The van der Waals surface area contributed by atoms with Crippen LogP contribution in [0, 0.1) is 0 Å². The standard InChI is InChI=1S/C12H9ClF3N/c13-10-6-8(11(17)12(14,15)16)5-7-3-1-2-4-9(7)10/h1-6,11H,17H2/t11-/m0/s1. The second-order valence-corrected chi connectivity index (χ2v) is 4.15. The van der Waals surface area contributed by atoms with Gasteiger partial charge >= 0.3 is 6.18 Å². The number of hydrogen-bond donors (Lipinski definition) is 1. The number of fused-ring (bicyclic) bond motifs is 1. The molecule has 0 aliphatic heterocycles. The minimum atomic E-state index is -4.47. The van der Waals surface area contributed by atoms with Crippen molar-refractivity contribution in [2.45, 2.75) is 12.2 Å². The van der Waals surface area contributed by atoms with E-state index in [2.05, 4.69) is 0 Å². The molecule has 0 aromatic heterocycles. The number of halogens is 4. The van der Waals surface area contributed by atoms with Gasteiger partial charge in [-0.25, -0.2) is 0 Å². The second kappa shape index (κ2) is 4.20. The van der Waals surface area contributed by atoms with Gasteiger partial charge in [0.2, 0.25) is 0 Å². The van der Waals surface area contributed by atoms with Gasteiger partial charge in [-0.1, -0.05) is 35.9 Å². The van der Waals surface area contributed by atoms with Crippen LogP contribution in [0.2, 0.25) is 5.02 Å². The third kappa shape index (κ3) is 2.37. The van der Waals surface area contributed by atoms with E-state index in [0.29, 0.717) is 10.8 Å². The van der Waals surface area contributed by atoms with E-state index in [-0.39, 0.29) is 10.6 Å². The lowest BCUT2D eigenvalue weighted by atomic mass is 10.0. The van der Waals surface area contributed by atoms with E-state index in [4.69, 9.17) is 17.3 Å². The molecule has 5 heteroatoms. The average molecular weight is 260 g/mol. The molecule has 1 nitrogen and oxygen atoms in total. The first-order valence-corrected chi connectivity index (χ1v) is 5.28. The molecule has 0 unspecified atom stereocenters. The smallest absolute Gasteiger partial charge is 0.316 e.